The lowest BCUT2D eigenvalue weighted by Gasteiger charge is -2.04. The van der Waals surface area contributed by atoms with Gasteiger partial charge < -0.3 is 0 Å². The van der Waals surface area contributed by atoms with Crippen molar-refractivity contribution in [1.82, 2.24) is 0 Å². The summed E-state index contributed by atoms with van der Waals surface area (Å²) in [5.74, 6) is 0. The summed E-state index contributed by atoms with van der Waals surface area (Å²) in [6.45, 7) is 18.2. The molecular weight excluding hydrogens is 456 g/mol. The summed E-state index contributed by atoms with van der Waals surface area (Å²) in [6.07, 6.45) is 37.6. The number of rotatable bonds is 23. The van der Waals surface area contributed by atoms with Crippen LogP contribution in [0.25, 0.3) is 0 Å². The first-order chi connectivity index (χ1) is 18.2. The largest absolute Gasteiger partial charge is 0.0856 e. The zero-order valence-electron chi connectivity index (χ0n) is 27.2. The van der Waals surface area contributed by atoms with Crippen molar-refractivity contribution in [3.8, 4) is 0 Å². The summed E-state index contributed by atoms with van der Waals surface area (Å²) in [4.78, 5) is 0. The van der Waals surface area contributed by atoms with Gasteiger partial charge in [0.1, 0.15) is 0 Å². The predicted molar refractivity (Wildman–Crippen MR) is 177 cm³/mol. The maximum Gasteiger partial charge on any atom is -0.0288 e. The summed E-state index contributed by atoms with van der Waals surface area (Å²) >= 11 is 0. The maximum atomic E-state index is 2.48. The predicted octanol–water partition coefficient (Wildman–Crippen LogP) is 13.7. The third-order valence-electron chi connectivity index (χ3n) is 7.51. The molecule has 0 nitrogen and oxygen atoms in total. The fourth-order valence-corrected chi connectivity index (χ4v) is 4.76. The molecule has 0 rings (SSSR count). The van der Waals surface area contributed by atoms with E-state index in [4.69, 9.17) is 0 Å². The van der Waals surface area contributed by atoms with Crippen molar-refractivity contribution in [3.05, 3.63) is 69.9 Å². The Morgan fingerprint density at radius 3 is 1.05 bits per heavy atom. The van der Waals surface area contributed by atoms with Gasteiger partial charge in [-0.2, -0.15) is 0 Å². The van der Waals surface area contributed by atoms with Crippen molar-refractivity contribution in [3.63, 3.8) is 0 Å². The van der Waals surface area contributed by atoms with Crippen molar-refractivity contribution >= 4 is 0 Å². The molecule has 0 aliphatic rings. The molecule has 0 aromatic carbocycles. The third-order valence-corrected chi connectivity index (χ3v) is 7.51. The van der Waals surface area contributed by atoms with Gasteiger partial charge in [0.2, 0.25) is 0 Å². The van der Waals surface area contributed by atoms with Gasteiger partial charge in [-0.1, -0.05) is 115 Å². The normalized spacial score (nSPS) is 13.8. The van der Waals surface area contributed by atoms with Crippen molar-refractivity contribution in [2.45, 2.75) is 171 Å². The van der Waals surface area contributed by atoms with E-state index in [0.29, 0.717) is 0 Å². The summed E-state index contributed by atoms with van der Waals surface area (Å²) in [6, 6.07) is 0. The van der Waals surface area contributed by atoms with E-state index >= 15 is 0 Å². The summed E-state index contributed by atoms with van der Waals surface area (Å²) in [5.41, 5.74) is 9.18. The van der Waals surface area contributed by atoms with Crippen LogP contribution in [0.2, 0.25) is 0 Å². The molecule has 0 aromatic heterocycles. The highest BCUT2D eigenvalue weighted by atomic mass is 14.0. The Kier molecular flexibility index (Phi) is 24.6. The van der Waals surface area contributed by atoms with E-state index in [2.05, 4.69) is 91.8 Å². The smallest absolute Gasteiger partial charge is 0.0288 e. The average molecular weight is 523 g/mol. The van der Waals surface area contributed by atoms with Gasteiger partial charge in [0, 0.05) is 0 Å². The molecule has 218 valence electrons. The highest BCUT2D eigenvalue weighted by molar-refractivity contribution is 5.08. The van der Waals surface area contributed by atoms with Gasteiger partial charge in [-0.05, 0) is 126 Å². The Morgan fingerprint density at radius 1 is 0.342 bits per heavy atom. The van der Waals surface area contributed by atoms with Crippen LogP contribution >= 0.6 is 0 Å². The second-order valence-corrected chi connectivity index (χ2v) is 12.1. The van der Waals surface area contributed by atoms with Crippen LogP contribution in [0.4, 0.5) is 0 Å². The van der Waals surface area contributed by atoms with E-state index in [1.54, 1.807) is 16.7 Å². The van der Waals surface area contributed by atoms with Gasteiger partial charge in [-0.3, -0.25) is 0 Å². The van der Waals surface area contributed by atoms with E-state index in [1.165, 1.54) is 132 Å². The second-order valence-electron chi connectivity index (χ2n) is 12.1. The second kappa shape index (κ2) is 25.7. The Balaban J connectivity index is 4.01. The lowest BCUT2D eigenvalue weighted by molar-refractivity contribution is 0.588. The highest BCUT2D eigenvalue weighted by Gasteiger charge is 1.96. The van der Waals surface area contributed by atoms with Crippen molar-refractivity contribution in [2.24, 2.45) is 0 Å². The lowest BCUT2D eigenvalue weighted by Crippen LogP contribution is -1.84. The zero-order valence-corrected chi connectivity index (χ0v) is 27.2. The van der Waals surface area contributed by atoms with Gasteiger partial charge in [0.25, 0.3) is 0 Å². The molecule has 0 N–H and O–H groups in total. The number of hydrogen-bond acceptors (Lipinski definition) is 0. The standard InChI is InChI=1S/C38H66/c1-9-10-11-12-13-14-15-23-34(4)27-19-31-38(8)32-21-29-36(6)25-17-16-24-35(5)28-20-30-37(7)26-18-22-33(2)3/h22,24-25,27,30,32H,9-21,23,26,28-29,31H2,1-8H3. The van der Waals surface area contributed by atoms with Gasteiger partial charge >= 0.3 is 0 Å². The molecule has 0 bridgehead atoms. The minimum atomic E-state index is 1.17. The van der Waals surface area contributed by atoms with Gasteiger partial charge in [0.15, 0.2) is 0 Å². The Morgan fingerprint density at radius 2 is 0.658 bits per heavy atom. The molecule has 0 heteroatoms. The molecule has 0 unspecified atom stereocenters. The molecule has 0 aliphatic carbocycles. The fraction of sp³-hybridized carbons (Fsp3) is 0.684. The Bertz CT molecular complexity index is 758. The van der Waals surface area contributed by atoms with E-state index in [9.17, 15) is 0 Å². The highest BCUT2D eigenvalue weighted by Crippen LogP contribution is 2.16. The summed E-state index contributed by atoms with van der Waals surface area (Å²) in [5, 5.41) is 0. The van der Waals surface area contributed by atoms with E-state index in [1.807, 2.05) is 0 Å². The minimum Gasteiger partial charge on any atom is -0.0856 e. The minimum absolute atomic E-state index is 1.17. The van der Waals surface area contributed by atoms with Crippen LogP contribution in [-0.4, -0.2) is 0 Å². The SMILES string of the molecule is CCCCCCCCCC(C)=CCCC(C)=CCCC(C)=CCCC=C(C)CCC=C(C)CCC=C(C)C. The zero-order chi connectivity index (χ0) is 28.4. The van der Waals surface area contributed by atoms with Crippen molar-refractivity contribution < 1.29 is 0 Å². The van der Waals surface area contributed by atoms with Crippen LogP contribution in [0, 0.1) is 0 Å². The Labute approximate surface area is 240 Å². The molecule has 0 amide bonds. The maximum absolute atomic E-state index is 2.48. The van der Waals surface area contributed by atoms with E-state index in [0.717, 1.165) is 0 Å². The Hall–Kier alpha value is -1.56. The molecule has 0 fully saturated rings. The molecule has 0 heterocycles. The fourth-order valence-electron chi connectivity index (χ4n) is 4.76. The first-order valence-electron chi connectivity index (χ1n) is 16.2. The average Bonchev–Trinajstić information content (AvgIpc) is 2.86. The lowest BCUT2D eigenvalue weighted by atomic mass is 10.0. The van der Waals surface area contributed by atoms with E-state index < -0.39 is 0 Å². The molecule has 0 aliphatic heterocycles. The van der Waals surface area contributed by atoms with Crippen molar-refractivity contribution in [1.29, 1.82) is 0 Å². The number of hydrogen-bond donors (Lipinski definition) is 0. The molecular formula is C38H66. The van der Waals surface area contributed by atoms with Crippen LogP contribution < -0.4 is 0 Å². The molecule has 0 saturated heterocycles. The monoisotopic (exact) mass is 523 g/mol. The topological polar surface area (TPSA) is 0 Å². The first kappa shape index (κ1) is 36.4. The third kappa shape index (κ3) is 26.1. The summed E-state index contributed by atoms with van der Waals surface area (Å²) < 4.78 is 0. The van der Waals surface area contributed by atoms with Crippen LogP contribution in [0.1, 0.15) is 171 Å². The van der Waals surface area contributed by atoms with Crippen molar-refractivity contribution in [2.75, 3.05) is 0 Å². The first-order valence-corrected chi connectivity index (χ1v) is 16.2. The molecule has 0 radical (unpaired) electrons. The molecule has 0 saturated carbocycles. The number of allylic oxidation sites excluding steroid dienone is 12. The summed E-state index contributed by atoms with van der Waals surface area (Å²) in [7, 11) is 0. The van der Waals surface area contributed by atoms with Crippen LogP contribution in [-0.2, 0) is 0 Å². The quantitative estimate of drug-likeness (QED) is 0.0924. The van der Waals surface area contributed by atoms with Gasteiger partial charge in [-0.25, -0.2) is 0 Å². The van der Waals surface area contributed by atoms with Crippen LogP contribution in [0.3, 0.4) is 0 Å². The molecule has 0 atom stereocenters. The van der Waals surface area contributed by atoms with Gasteiger partial charge in [-0.15, -0.1) is 0 Å². The molecule has 0 spiro atoms. The number of unbranched alkanes of at least 4 members (excludes halogenated alkanes) is 7. The van der Waals surface area contributed by atoms with Crippen LogP contribution in [0.5, 0.6) is 0 Å². The molecule has 0 aromatic rings. The molecule has 38 heavy (non-hydrogen) atoms. The van der Waals surface area contributed by atoms with Gasteiger partial charge in [0.05, 0.1) is 0 Å². The van der Waals surface area contributed by atoms with E-state index in [-0.39, 0.29) is 0 Å². The van der Waals surface area contributed by atoms with Crippen LogP contribution in [0.15, 0.2) is 69.9 Å².